The third-order valence-electron chi connectivity index (χ3n) is 4.75. The van der Waals surface area contributed by atoms with Gasteiger partial charge in [-0.15, -0.1) is 0 Å². The molecule has 1 aliphatic heterocycles. The monoisotopic (exact) mass is 338 g/mol. The number of hydrogen-bond donors (Lipinski definition) is 2. The topological polar surface area (TPSA) is 61.8 Å². The first-order chi connectivity index (χ1) is 11.6. The van der Waals surface area contributed by atoms with E-state index in [1.165, 1.54) is 6.07 Å². The number of piperidine rings is 1. The lowest BCUT2D eigenvalue weighted by molar-refractivity contribution is 0.0201. The molecule has 0 aliphatic carbocycles. The summed E-state index contributed by atoms with van der Waals surface area (Å²) >= 11 is 0. The minimum atomic E-state index is -0.281. The molecule has 0 unspecified atom stereocenters. The van der Waals surface area contributed by atoms with Gasteiger partial charge < -0.3 is 20.1 Å². The number of urea groups is 1. The summed E-state index contributed by atoms with van der Waals surface area (Å²) in [5.41, 5.74) is 0.318. The van der Waals surface area contributed by atoms with Crippen LogP contribution in [0.15, 0.2) is 24.3 Å². The second-order valence-corrected chi connectivity index (χ2v) is 6.50. The van der Waals surface area contributed by atoms with Gasteiger partial charge in [0.05, 0.1) is 6.61 Å². The number of likely N-dealkylation sites (tertiary alicyclic amines) is 1. The normalized spacial score (nSPS) is 20.9. The van der Waals surface area contributed by atoms with Crippen LogP contribution in [0.1, 0.15) is 24.8 Å². The van der Waals surface area contributed by atoms with E-state index in [0.717, 1.165) is 19.3 Å². The summed E-state index contributed by atoms with van der Waals surface area (Å²) in [6.45, 7) is 2.22. The predicted molar refractivity (Wildman–Crippen MR) is 90.3 cm³/mol. The van der Waals surface area contributed by atoms with E-state index in [1.54, 1.807) is 30.2 Å². The average molecular weight is 338 g/mol. The smallest absolute Gasteiger partial charge is 0.317 e. The third kappa shape index (κ3) is 4.92. The number of aliphatic hydroxyl groups is 1. The zero-order valence-electron chi connectivity index (χ0n) is 14.3. The van der Waals surface area contributed by atoms with Gasteiger partial charge in [0.1, 0.15) is 5.82 Å². The highest BCUT2D eigenvalue weighted by atomic mass is 19.1. The number of carbonyl (C=O) groups excluding carboxylic acids is 1. The van der Waals surface area contributed by atoms with E-state index in [-0.39, 0.29) is 23.9 Å². The van der Waals surface area contributed by atoms with Crippen molar-refractivity contribution in [3.8, 4) is 0 Å². The standard InChI is InChI=1S/C18H27FN2O3/c1-24-12-9-18(14-22)8-4-11-21(13-18)17(23)20-10-7-15-5-2-3-6-16(15)19/h2-3,5-6,22H,4,7-14H2,1H3,(H,20,23)/t18-/m1/s1. The SMILES string of the molecule is COCC[C@]1(CO)CCCN(C(=O)NCCc2ccccc2F)C1. The number of methoxy groups -OCH3 is 1. The number of benzene rings is 1. The molecule has 0 spiro atoms. The zero-order valence-corrected chi connectivity index (χ0v) is 14.3. The first-order valence-corrected chi connectivity index (χ1v) is 8.46. The van der Waals surface area contributed by atoms with E-state index < -0.39 is 0 Å². The maximum absolute atomic E-state index is 13.6. The fourth-order valence-electron chi connectivity index (χ4n) is 3.23. The van der Waals surface area contributed by atoms with Gasteiger partial charge in [-0.05, 0) is 37.3 Å². The molecular formula is C18H27FN2O3. The molecule has 2 amide bonds. The first kappa shape index (κ1) is 18.7. The van der Waals surface area contributed by atoms with E-state index in [4.69, 9.17) is 4.74 Å². The molecule has 24 heavy (non-hydrogen) atoms. The summed E-state index contributed by atoms with van der Waals surface area (Å²) < 4.78 is 18.7. The van der Waals surface area contributed by atoms with Crippen molar-refractivity contribution >= 4 is 6.03 Å². The average Bonchev–Trinajstić information content (AvgIpc) is 2.61. The molecule has 1 heterocycles. The Balaban J connectivity index is 1.84. The summed E-state index contributed by atoms with van der Waals surface area (Å²) in [4.78, 5) is 14.1. The number of halogens is 1. The Hall–Kier alpha value is -1.66. The molecule has 1 fully saturated rings. The first-order valence-electron chi connectivity index (χ1n) is 8.46. The van der Waals surface area contributed by atoms with Gasteiger partial charge in [0, 0.05) is 38.8 Å². The van der Waals surface area contributed by atoms with Crippen LogP contribution in [0.2, 0.25) is 0 Å². The number of nitrogens with zero attached hydrogens (tertiary/aromatic N) is 1. The Morgan fingerprint density at radius 1 is 1.46 bits per heavy atom. The van der Waals surface area contributed by atoms with Gasteiger partial charge in [0.25, 0.3) is 0 Å². The van der Waals surface area contributed by atoms with E-state index in [1.807, 2.05) is 0 Å². The molecule has 5 nitrogen and oxygen atoms in total. The molecule has 1 aromatic carbocycles. The third-order valence-corrected chi connectivity index (χ3v) is 4.75. The molecule has 0 radical (unpaired) electrons. The zero-order chi connectivity index (χ0) is 17.4. The number of amides is 2. The van der Waals surface area contributed by atoms with Crippen LogP contribution in [0.5, 0.6) is 0 Å². The van der Waals surface area contributed by atoms with Crippen molar-refractivity contribution in [2.24, 2.45) is 5.41 Å². The van der Waals surface area contributed by atoms with Crippen molar-refractivity contribution in [2.45, 2.75) is 25.7 Å². The number of hydrogen-bond acceptors (Lipinski definition) is 3. The summed E-state index contributed by atoms with van der Waals surface area (Å²) in [5.74, 6) is -0.247. The molecular weight excluding hydrogens is 311 g/mol. The molecule has 0 aromatic heterocycles. The fourth-order valence-corrected chi connectivity index (χ4v) is 3.23. The van der Waals surface area contributed by atoms with Gasteiger partial charge in [0.2, 0.25) is 0 Å². The van der Waals surface area contributed by atoms with Crippen molar-refractivity contribution < 1.29 is 19.0 Å². The van der Waals surface area contributed by atoms with Gasteiger partial charge in [-0.3, -0.25) is 0 Å². The molecule has 1 aromatic rings. The van der Waals surface area contributed by atoms with Gasteiger partial charge in [-0.2, -0.15) is 0 Å². The van der Waals surface area contributed by atoms with E-state index in [2.05, 4.69) is 5.32 Å². The second-order valence-electron chi connectivity index (χ2n) is 6.50. The number of nitrogens with one attached hydrogen (secondary N) is 1. The Morgan fingerprint density at radius 2 is 2.25 bits per heavy atom. The highest BCUT2D eigenvalue weighted by molar-refractivity contribution is 5.74. The highest BCUT2D eigenvalue weighted by Gasteiger charge is 2.36. The maximum Gasteiger partial charge on any atom is 0.317 e. The summed E-state index contributed by atoms with van der Waals surface area (Å²) in [5, 5.41) is 12.6. The molecule has 2 N–H and O–H groups in total. The van der Waals surface area contributed by atoms with Gasteiger partial charge >= 0.3 is 6.03 Å². The number of carbonyl (C=O) groups is 1. The Kier molecular flexibility index (Phi) is 6.99. The molecule has 134 valence electrons. The summed E-state index contributed by atoms with van der Waals surface area (Å²) in [6, 6.07) is 6.44. The van der Waals surface area contributed by atoms with Crippen LogP contribution in [0.4, 0.5) is 9.18 Å². The quantitative estimate of drug-likeness (QED) is 0.801. The fraction of sp³-hybridized carbons (Fsp3) is 0.611. The molecule has 1 saturated heterocycles. The Bertz CT molecular complexity index is 541. The lowest BCUT2D eigenvalue weighted by Gasteiger charge is -2.41. The second kappa shape index (κ2) is 8.99. The van der Waals surface area contributed by atoms with Crippen LogP contribution in [0.3, 0.4) is 0 Å². The van der Waals surface area contributed by atoms with Crippen molar-refractivity contribution in [3.05, 3.63) is 35.6 Å². The van der Waals surface area contributed by atoms with Gasteiger partial charge in [0.15, 0.2) is 0 Å². The Labute approximate surface area is 142 Å². The molecule has 6 heteroatoms. The number of ether oxygens (including phenoxy) is 1. The van der Waals surface area contributed by atoms with Crippen LogP contribution in [-0.4, -0.2) is 56.0 Å². The van der Waals surface area contributed by atoms with Gasteiger partial charge in [-0.25, -0.2) is 9.18 Å². The van der Waals surface area contributed by atoms with E-state index >= 15 is 0 Å². The van der Waals surface area contributed by atoms with Crippen molar-refractivity contribution in [3.63, 3.8) is 0 Å². The van der Waals surface area contributed by atoms with Crippen LogP contribution < -0.4 is 5.32 Å². The summed E-state index contributed by atoms with van der Waals surface area (Å²) in [7, 11) is 1.64. The van der Waals surface area contributed by atoms with Crippen LogP contribution >= 0.6 is 0 Å². The lowest BCUT2D eigenvalue weighted by Crippen LogP contribution is -2.51. The van der Waals surface area contributed by atoms with Gasteiger partial charge in [-0.1, -0.05) is 18.2 Å². The Morgan fingerprint density at radius 3 is 2.96 bits per heavy atom. The largest absolute Gasteiger partial charge is 0.396 e. The van der Waals surface area contributed by atoms with Crippen molar-refractivity contribution in [1.82, 2.24) is 10.2 Å². The van der Waals surface area contributed by atoms with E-state index in [9.17, 15) is 14.3 Å². The minimum absolute atomic E-state index is 0.0510. The van der Waals surface area contributed by atoms with E-state index in [0.29, 0.717) is 38.2 Å². The van der Waals surface area contributed by atoms with Crippen molar-refractivity contribution in [1.29, 1.82) is 0 Å². The van der Waals surface area contributed by atoms with Crippen LogP contribution in [0, 0.1) is 11.2 Å². The minimum Gasteiger partial charge on any atom is -0.396 e. The number of rotatable bonds is 7. The number of aliphatic hydroxyl groups excluding tert-OH is 1. The van der Waals surface area contributed by atoms with Crippen LogP contribution in [0.25, 0.3) is 0 Å². The molecule has 2 rings (SSSR count). The molecule has 0 saturated carbocycles. The van der Waals surface area contributed by atoms with Crippen LogP contribution in [-0.2, 0) is 11.2 Å². The van der Waals surface area contributed by atoms with Crippen molar-refractivity contribution in [2.75, 3.05) is 40.0 Å². The maximum atomic E-state index is 13.6. The highest BCUT2D eigenvalue weighted by Crippen LogP contribution is 2.33. The summed E-state index contributed by atoms with van der Waals surface area (Å²) in [6.07, 6.45) is 2.96. The lowest BCUT2D eigenvalue weighted by atomic mass is 9.78. The molecule has 0 bridgehead atoms. The predicted octanol–water partition coefficient (Wildman–Crippen LogP) is 2.19. The molecule has 1 atom stereocenters. The molecule has 1 aliphatic rings.